The Morgan fingerprint density at radius 2 is 0.680 bits per heavy atom. The topological polar surface area (TPSA) is 0 Å². The molecule has 0 unspecified atom stereocenters. The Bertz CT molecular complexity index is 246. The van der Waals surface area contributed by atoms with Crippen molar-refractivity contribution in [1.29, 1.82) is 0 Å². The Morgan fingerprint density at radius 3 is 1.04 bits per heavy atom. The van der Waals surface area contributed by atoms with Gasteiger partial charge in [-0.15, -0.1) is 0 Å². The molecule has 0 aliphatic rings. The van der Waals surface area contributed by atoms with Gasteiger partial charge in [-0.05, 0) is 32.1 Å². The minimum absolute atomic E-state index is 1.13. The standard InChI is InChI=1S/C25H48/c1-3-5-7-9-11-13-15-17-19-21-23-25-24-22-20-18-16-14-12-10-8-6-4-2/h21-24H,3-20,25H2,1-2H3. The van der Waals surface area contributed by atoms with Crippen molar-refractivity contribution in [3.8, 4) is 0 Å². The van der Waals surface area contributed by atoms with Crippen LogP contribution in [0, 0.1) is 0 Å². The highest BCUT2D eigenvalue weighted by atomic mass is 14.0. The highest BCUT2D eigenvalue weighted by Crippen LogP contribution is 2.11. The predicted molar refractivity (Wildman–Crippen MR) is 117 cm³/mol. The van der Waals surface area contributed by atoms with Gasteiger partial charge in [-0.1, -0.05) is 128 Å². The van der Waals surface area contributed by atoms with Gasteiger partial charge in [0.05, 0.1) is 0 Å². The molecule has 148 valence electrons. The summed E-state index contributed by atoms with van der Waals surface area (Å²) in [5, 5.41) is 0. The molecule has 0 heterocycles. The summed E-state index contributed by atoms with van der Waals surface area (Å²) < 4.78 is 0. The third-order valence-electron chi connectivity index (χ3n) is 5.05. The molecule has 0 aromatic rings. The zero-order valence-corrected chi connectivity index (χ0v) is 17.7. The highest BCUT2D eigenvalue weighted by molar-refractivity contribution is 4.92. The maximum atomic E-state index is 2.39. The average Bonchev–Trinajstić information content (AvgIpc) is 2.63. The van der Waals surface area contributed by atoms with Gasteiger partial charge in [0.15, 0.2) is 0 Å². The van der Waals surface area contributed by atoms with Crippen LogP contribution in [0.1, 0.15) is 136 Å². The molecule has 0 radical (unpaired) electrons. The second-order valence-corrected chi connectivity index (χ2v) is 7.71. The number of rotatable bonds is 20. The molecule has 0 bridgehead atoms. The molecule has 0 aliphatic carbocycles. The van der Waals surface area contributed by atoms with Crippen molar-refractivity contribution in [1.82, 2.24) is 0 Å². The number of unbranched alkanes of at least 4 members (excludes halogenated alkanes) is 16. The lowest BCUT2D eigenvalue weighted by Gasteiger charge is -2.00. The minimum atomic E-state index is 1.13. The van der Waals surface area contributed by atoms with E-state index in [2.05, 4.69) is 38.2 Å². The van der Waals surface area contributed by atoms with Gasteiger partial charge in [-0.2, -0.15) is 0 Å². The van der Waals surface area contributed by atoms with Crippen LogP contribution >= 0.6 is 0 Å². The fourth-order valence-corrected chi connectivity index (χ4v) is 3.30. The highest BCUT2D eigenvalue weighted by Gasteiger charge is 1.91. The lowest BCUT2D eigenvalue weighted by atomic mass is 10.1. The van der Waals surface area contributed by atoms with E-state index in [0.717, 1.165) is 6.42 Å². The summed E-state index contributed by atoms with van der Waals surface area (Å²) in [7, 11) is 0. The summed E-state index contributed by atoms with van der Waals surface area (Å²) in [6.45, 7) is 4.58. The van der Waals surface area contributed by atoms with Crippen LogP contribution in [0.2, 0.25) is 0 Å². The van der Waals surface area contributed by atoms with E-state index in [0.29, 0.717) is 0 Å². The van der Waals surface area contributed by atoms with Gasteiger partial charge in [0, 0.05) is 0 Å². The lowest BCUT2D eigenvalue weighted by Crippen LogP contribution is -1.80. The largest absolute Gasteiger partial charge is 0.0882 e. The molecule has 0 heteroatoms. The lowest BCUT2D eigenvalue weighted by molar-refractivity contribution is 0.577. The van der Waals surface area contributed by atoms with Crippen LogP contribution < -0.4 is 0 Å². The summed E-state index contributed by atoms with van der Waals surface area (Å²) in [5.41, 5.74) is 0. The van der Waals surface area contributed by atoms with E-state index in [1.807, 2.05) is 0 Å². The molecular weight excluding hydrogens is 300 g/mol. The van der Waals surface area contributed by atoms with Gasteiger partial charge in [-0.25, -0.2) is 0 Å². The van der Waals surface area contributed by atoms with Gasteiger partial charge in [-0.3, -0.25) is 0 Å². The molecule has 0 saturated heterocycles. The van der Waals surface area contributed by atoms with Gasteiger partial charge in [0.25, 0.3) is 0 Å². The monoisotopic (exact) mass is 348 g/mol. The van der Waals surface area contributed by atoms with E-state index in [4.69, 9.17) is 0 Å². The Balaban J connectivity index is 3.14. The van der Waals surface area contributed by atoms with Crippen LogP contribution in [0.3, 0.4) is 0 Å². The number of hydrogen-bond donors (Lipinski definition) is 0. The van der Waals surface area contributed by atoms with E-state index in [1.165, 1.54) is 116 Å². The minimum Gasteiger partial charge on any atom is -0.0882 e. The Kier molecular flexibility index (Phi) is 23.0. The average molecular weight is 349 g/mol. The predicted octanol–water partition coefficient (Wildman–Crippen LogP) is 9.55. The number of allylic oxidation sites excluding steroid dienone is 4. The quantitative estimate of drug-likeness (QED) is 0.152. The van der Waals surface area contributed by atoms with Crippen LogP contribution in [0.4, 0.5) is 0 Å². The van der Waals surface area contributed by atoms with E-state index in [1.54, 1.807) is 0 Å². The first-order chi connectivity index (χ1) is 12.4. The number of hydrogen-bond acceptors (Lipinski definition) is 0. The summed E-state index contributed by atoms with van der Waals surface area (Å²) in [6, 6.07) is 0. The normalized spacial score (nSPS) is 11.9. The van der Waals surface area contributed by atoms with Crippen LogP contribution in [0.15, 0.2) is 24.3 Å². The van der Waals surface area contributed by atoms with Crippen molar-refractivity contribution >= 4 is 0 Å². The molecule has 0 aromatic heterocycles. The fraction of sp³-hybridized carbons (Fsp3) is 0.840. The summed E-state index contributed by atoms with van der Waals surface area (Å²) >= 11 is 0. The molecule has 0 aliphatic heterocycles. The van der Waals surface area contributed by atoms with Crippen LogP contribution in [-0.2, 0) is 0 Å². The molecule has 0 spiro atoms. The van der Waals surface area contributed by atoms with Gasteiger partial charge in [0.2, 0.25) is 0 Å². The van der Waals surface area contributed by atoms with Gasteiger partial charge >= 0.3 is 0 Å². The SMILES string of the molecule is CCCCCCCCCCC=CCC=CCCCCCCCCCC. The van der Waals surface area contributed by atoms with Crippen molar-refractivity contribution in [2.75, 3.05) is 0 Å². The second-order valence-electron chi connectivity index (χ2n) is 7.71. The van der Waals surface area contributed by atoms with Crippen molar-refractivity contribution in [3.05, 3.63) is 24.3 Å². The van der Waals surface area contributed by atoms with Gasteiger partial charge < -0.3 is 0 Å². The molecule has 0 amide bonds. The third-order valence-corrected chi connectivity index (χ3v) is 5.05. The summed E-state index contributed by atoms with van der Waals surface area (Å²) in [4.78, 5) is 0. The third kappa shape index (κ3) is 23.5. The van der Waals surface area contributed by atoms with Crippen LogP contribution in [0.5, 0.6) is 0 Å². The molecule has 0 atom stereocenters. The zero-order chi connectivity index (χ0) is 18.3. The van der Waals surface area contributed by atoms with Crippen molar-refractivity contribution in [3.63, 3.8) is 0 Å². The summed E-state index contributed by atoms with van der Waals surface area (Å²) in [5.74, 6) is 0. The molecule has 0 N–H and O–H groups in total. The zero-order valence-electron chi connectivity index (χ0n) is 17.7. The Hall–Kier alpha value is -0.520. The molecule has 0 nitrogen and oxygen atoms in total. The van der Waals surface area contributed by atoms with E-state index >= 15 is 0 Å². The Morgan fingerprint density at radius 1 is 0.360 bits per heavy atom. The van der Waals surface area contributed by atoms with Crippen LogP contribution in [0.25, 0.3) is 0 Å². The van der Waals surface area contributed by atoms with E-state index in [9.17, 15) is 0 Å². The molecular formula is C25H48. The molecule has 0 rings (SSSR count). The van der Waals surface area contributed by atoms with Crippen molar-refractivity contribution in [2.24, 2.45) is 0 Å². The van der Waals surface area contributed by atoms with Crippen LogP contribution in [-0.4, -0.2) is 0 Å². The van der Waals surface area contributed by atoms with Gasteiger partial charge in [0.1, 0.15) is 0 Å². The van der Waals surface area contributed by atoms with Crippen molar-refractivity contribution < 1.29 is 0 Å². The maximum absolute atomic E-state index is 2.39. The van der Waals surface area contributed by atoms with E-state index < -0.39 is 0 Å². The fourth-order valence-electron chi connectivity index (χ4n) is 3.30. The molecule has 0 aromatic carbocycles. The molecule has 25 heavy (non-hydrogen) atoms. The molecule has 0 saturated carbocycles. The van der Waals surface area contributed by atoms with E-state index in [-0.39, 0.29) is 0 Å². The first kappa shape index (κ1) is 24.5. The molecule has 0 fully saturated rings. The first-order valence-electron chi connectivity index (χ1n) is 11.7. The van der Waals surface area contributed by atoms with Crippen molar-refractivity contribution in [2.45, 2.75) is 136 Å². The first-order valence-corrected chi connectivity index (χ1v) is 11.7. The summed E-state index contributed by atoms with van der Waals surface area (Å²) in [6.07, 6.45) is 35.9. The smallest absolute Gasteiger partial charge is 0.0169 e. The Labute approximate surface area is 160 Å². The second kappa shape index (κ2) is 23.5. The maximum Gasteiger partial charge on any atom is -0.0169 e.